The van der Waals surface area contributed by atoms with Crippen LogP contribution in [0.3, 0.4) is 0 Å². The fourth-order valence-corrected chi connectivity index (χ4v) is 2.28. The number of rotatable bonds is 4. The lowest BCUT2D eigenvalue weighted by molar-refractivity contribution is 0.191. The molecular formula is C14H18ClNO. The Balaban J connectivity index is 1.95. The number of hydrogen-bond acceptors (Lipinski definition) is 2. The maximum atomic E-state index is 5.85. The van der Waals surface area contributed by atoms with Crippen molar-refractivity contribution >= 4 is 11.6 Å². The first kappa shape index (κ1) is 12.4. The zero-order valence-corrected chi connectivity index (χ0v) is 10.9. The topological polar surface area (TPSA) is 22.1 Å². The normalized spacial score (nSPS) is 23.6. The standard InChI is InChI=1S/C14H18ClNO/c1-11-5-2-3-6-13(11)10-17-14-12(9-15)7-4-8-16-14/h2-4,7-8,11,13H,5-6,9-10H2,1H3. The van der Waals surface area contributed by atoms with Crippen molar-refractivity contribution < 1.29 is 4.74 Å². The van der Waals surface area contributed by atoms with E-state index in [1.165, 1.54) is 0 Å². The first-order chi connectivity index (χ1) is 8.31. The second-order valence-electron chi connectivity index (χ2n) is 4.59. The van der Waals surface area contributed by atoms with Gasteiger partial charge in [-0.05, 0) is 30.7 Å². The third kappa shape index (κ3) is 3.22. The van der Waals surface area contributed by atoms with Gasteiger partial charge in [0, 0.05) is 11.8 Å². The Labute approximate surface area is 108 Å². The highest BCUT2D eigenvalue weighted by Crippen LogP contribution is 2.26. The molecule has 0 saturated heterocycles. The number of alkyl halides is 1. The minimum absolute atomic E-state index is 0.448. The van der Waals surface area contributed by atoms with Crippen LogP contribution < -0.4 is 4.74 Å². The van der Waals surface area contributed by atoms with Gasteiger partial charge in [0.05, 0.1) is 12.5 Å². The van der Waals surface area contributed by atoms with Gasteiger partial charge in [-0.3, -0.25) is 0 Å². The number of aromatic nitrogens is 1. The molecule has 1 aliphatic carbocycles. The van der Waals surface area contributed by atoms with Gasteiger partial charge in [-0.15, -0.1) is 11.6 Å². The Morgan fingerprint density at radius 2 is 2.24 bits per heavy atom. The molecule has 0 amide bonds. The Bertz CT molecular complexity index is 392. The first-order valence-corrected chi connectivity index (χ1v) is 6.62. The van der Waals surface area contributed by atoms with E-state index in [1.54, 1.807) is 6.20 Å². The summed E-state index contributed by atoms with van der Waals surface area (Å²) in [6, 6.07) is 3.84. The molecular weight excluding hydrogens is 234 g/mol. The van der Waals surface area contributed by atoms with E-state index in [2.05, 4.69) is 24.1 Å². The van der Waals surface area contributed by atoms with Gasteiger partial charge in [0.25, 0.3) is 0 Å². The van der Waals surface area contributed by atoms with Gasteiger partial charge in [-0.2, -0.15) is 0 Å². The van der Waals surface area contributed by atoms with Gasteiger partial charge in [0.15, 0.2) is 0 Å². The van der Waals surface area contributed by atoms with E-state index in [-0.39, 0.29) is 0 Å². The molecule has 0 N–H and O–H groups in total. The summed E-state index contributed by atoms with van der Waals surface area (Å²) in [6.45, 7) is 3.00. The minimum atomic E-state index is 0.448. The fraction of sp³-hybridized carbons (Fsp3) is 0.500. The maximum Gasteiger partial charge on any atom is 0.217 e. The highest BCUT2D eigenvalue weighted by Gasteiger charge is 2.19. The molecule has 2 rings (SSSR count). The quantitative estimate of drug-likeness (QED) is 0.600. The van der Waals surface area contributed by atoms with Gasteiger partial charge in [0.2, 0.25) is 5.88 Å². The molecule has 0 saturated carbocycles. The van der Waals surface area contributed by atoms with Crippen molar-refractivity contribution in [1.82, 2.24) is 4.98 Å². The van der Waals surface area contributed by atoms with E-state index in [0.717, 1.165) is 25.0 Å². The van der Waals surface area contributed by atoms with Crippen LogP contribution in [0.5, 0.6) is 5.88 Å². The molecule has 92 valence electrons. The predicted molar refractivity (Wildman–Crippen MR) is 70.3 cm³/mol. The molecule has 1 aromatic heterocycles. The van der Waals surface area contributed by atoms with Crippen molar-refractivity contribution in [2.24, 2.45) is 11.8 Å². The molecule has 2 nitrogen and oxygen atoms in total. The summed E-state index contributed by atoms with van der Waals surface area (Å²) < 4.78 is 5.81. The van der Waals surface area contributed by atoms with Crippen LogP contribution in [0.15, 0.2) is 30.5 Å². The number of hydrogen-bond donors (Lipinski definition) is 0. The Hall–Kier alpha value is -1.02. The molecule has 1 aromatic rings. The van der Waals surface area contributed by atoms with Crippen LogP contribution in [-0.2, 0) is 5.88 Å². The Morgan fingerprint density at radius 1 is 1.41 bits per heavy atom. The monoisotopic (exact) mass is 251 g/mol. The molecule has 2 unspecified atom stereocenters. The van der Waals surface area contributed by atoms with Gasteiger partial charge >= 0.3 is 0 Å². The summed E-state index contributed by atoms with van der Waals surface area (Å²) >= 11 is 5.85. The van der Waals surface area contributed by atoms with E-state index >= 15 is 0 Å². The van der Waals surface area contributed by atoms with E-state index in [1.807, 2.05) is 12.1 Å². The summed E-state index contributed by atoms with van der Waals surface area (Å²) in [5.41, 5.74) is 0.966. The zero-order valence-electron chi connectivity index (χ0n) is 10.1. The van der Waals surface area contributed by atoms with Crippen LogP contribution in [0, 0.1) is 11.8 Å². The molecule has 1 aliphatic rings. The summed E-state index contributed by atoms with van der Waals surface area (Å²) in [6.07, 6.45) is 8.50. The van der Waals surface area contributed by atoms with Gasteiger partial charge in [-0.1, -0.05) is 25.1 Å². The average molecular weight is 252 g/mol. The summed E-state index contributed by atoms with van der Waals surface area (Å²) in [5, 5.41) is 0. The third-order valence-corrected chi connectivity index (χ3v) is 3.63. The first-order valence-electron chi connectivity index (χ1n) is 6.09. The molecule has 0 aromatic carbocycles. The van der Waals surface area contributed by atoms with Crippen LogP contribution in [0.1, 0.15) is 25.3 Å². The molecule has 0 spiro atoms. The fourth-order valence-electron chi connectivity index (χ4n) is 2.08. The predicted octanol–water partition coefficient (Wildman–Crippen LogP) is 3.80. The zero-order chi connectivity index (χ0) is 12.1. The van der Waals surface area contributed by atoms with Crippen molar-refractivity contribution in [2.45, 2.75) is 25.6 Å². The SMILES string of the molecule is CC1CC=CCC1COc1ncccc1CCl. The lowest BCUT2D eigenvalue weighted by atomic mass is 9.85. The molecule has 2 atom stereocenters. The smallest absolute Gasteiger partial charge is 0.217 e. The molecule has 1 heterocycles. The maximum absolute atomic E-state index is 5.85. The number of ether oxygens (including phenoxy) is 1. The van der Waals surface area contributed by atoms with E-state index in [4.69, 9.17) is 16.3 Å². The summed E-state index contributed by atoms with van der Waals surface area (Å²) in [7, 11) is 0. The van der Waals surface area contributed by atoms with Crippen molar-refractivity contribution in [3.05, 3.63) is 36.0 Å². The largest absolute Gasteiger partial charge is 0.477 e. The van der Waals surface area contributed by atoms with E-state index < -0.39 is 0 Å². The minimum Gasteiger partial charge on any atom is -0.477 e. The highest BCUT2D eigenvalue weighted by molar-refractivity contribution is 6.17. The molecule has 0 radical (unpaired) electrons. The van der Waals surface area contributed by atoms with Crippen molar-refractivity contribution in [3.8, 4) is 5.88 Å². The van der Waals surface area contributed by atoms with Gasteiger partial charge in [-0.25, -0.2) is 4.98 Å². The molecule has 17 heavy (non-hydrogen) atoms. The van der Waals surface area contributed by atoms with Crippen molar-refractivity contribution in [2.75, 3.05) is 6.61 Å². The Kier molecular flexibility index (Phi) is 4.43. The van der Waals surface area contributed by atoms with Crippen LogP contribution in [0.25, 0.3) is 0 Å². The van der Waals surface area contributed by atoms with Crippen LogP contribution in [0.4, 0.5) is 0 Å². The molecule has 0 fully saturated rings. The van der Waals surface area contributed by atoms with Crippen LogP contribution in [0.2, 0.25) is 0 Å². The lowest BCUT2D eigenvalue weighted by Crippen LogP contribution is -2.21. The van der Waals surface area contributed by atoms with Crippen molar-refractivity contribution in [3.63, 3.8) is 0 Å². The van der Waals surface area contributed by atoms with E-state index in [9.17, 15) is 0 Å². The van der Waals surface area contributed by atoms with Crippen LogP contribution in [-0.4, -0.2) is 11.6 Å². The second kappa shape index (κ2) is 6.06. The number of nitrogens with zero attached hydrogens (tertiary/aromatic N) is 1. The third-order valence-electron chi connectivity index (χ3n) is 3.35. The number of allylic oxidation sites excluding steroid dienone is 2. The number of halogens is 1. The molecule has 0 bridgehead atoms. The number of pyridine rings is 1. The molecule has 3 heteroatoms. The Morgan fingerprint density at radius 3 is 3.00 bits per heavy atom. The summed E-state index contributed by atoms with van der Waals surface area (Å²) in [4.78, 5) is 4.23. The van der Waals surface area contributed by atoms with Gasteiger partial charge in [0.1, 0.15) is 0 Å². The second-order valence-corrected chi connectivity index (χ2v) is 4.86. The summed E-state index contributed by atoms with van der Waals surface area (Å²) in [5.74, 6) is 2.40. The lowest BCUT2D eigenvalue weighted by Gasteiger charge is -2.25. The van der Waals surface area contributed by atoms with Crippen LogP contribution >= 0.6 is 11.6 Å². The average Bonchev–Trinajstić information content (AvgIpc) is 2.38. The van der Waals surface area contributed by atoms with E-state index in [0.29, 0.717) is 23.6 Å². The molecule has 0 aliphatic heterocycles. The highest BCUT2D eigenvalue weighted by atomic mass is 35.5. The van der Waals surface area contributed by atoms with Crippen molar-refractivity contribution in [1.29, 1.82) is 0 Å². The van der Waals surface area contributed by atoms with Gasteiger partial charge < -0.3 is 4.74 Å².